The number of hydrogen-bond acceptors (Lipinski definition) is 3. The molecular weight excluding hydrogens is 345 g/mol. The molecule has 1 amide bonds. The van der Waals surface area contributed by atoms with E-state index in [0.717, 1.165) is 25.0 Å². The van der Waals surface area contributed by atoms with Gasteiger partial charge in [-0.05, 0) is 43.2 Å². The van der Waals surface area contributed by atoms with E-state index in [1.54, 1.807) is 24.3 Å². The molecule has 1 saturated heterocycles. The number of para-hydroxylation sites is 1. The van der Waals surface area contributed by atoms with Gasteiger partial charge < -0.3 is 15.4 Å². The fraction of sp³-hybridized carbons (Fsp3) is 0.316. The van der Waals surface area contributed by atoms with Gasteiger partial charge in [-0.15, -0.1) is 0 Å². The van der Waals surface area contributed by atoms with E-state index in [0.29, 0.717) is 24.5 Å². The fourth-order valence-electron chi connectivity index (χ4n) is 2.84. The third-order valence-electron chi connectivity index (χ3n) is 4.14. The molecule has 7 heteroatoms. The minimum atomic E-state index is -4.42. The molecule has 1 fully saturated rings. The normalized spacial score (nSPS) is 17.6. The number of ether oxygens (including phenoxy) is 1. The van der Waals surface area contributed by atoms with E-state index in [9.17, 15) is 18.0 Å². The highest BCUT2D eigenvalue weighted by molar-refractivity contribution is 6.00. The van der Waals surface area contributed by atoms with Crippen molar-refractivity contribution in [3.8, 4) is 0 Å². The molecule has 1 heterocycles. The summed E-state index contributed by atoms with van der Waals surface area (Å²) >= 11 is 0. The lowest BCUT2D eigenvalue weighted by Gasteiger charge is -2.23. The SMILES string of the molecule is O=C(NC1CCCOC1)c1ccccc1Nc1cccc(C(F)(F)F)c1. The minimum Gasteiger partial charge on any atom is -0.379 e. The second-order valence-electron chi connectivity index (χ2n) is 6.14. The van der Waals surface area contributed by atoms with Crippen molar-refractivity contribution < 1.29 is 22.7 Å². The maximum absolute atomic E-state index is 12.9. The molecule has 138 valence electrons. The molecule has 0 radical (unpaired) electrons. The van der Waals surface area contributed by atoms with Gasteiger partial charge in [-0.3, -0.25) is 4.79 Å². The zero-order valence-electron chi connectivity index (χ0n) is 14.0. The molecule has 1 unspecified atom stereocenters. The molecule has 26 heavy (non-hydrogen) atoms. The van der Waals surface area contributed by atoms with E-state index in [-0.39, 0.29) is 17.6 Å². The Labute approximate surface area is 149 Å². The molecule has 2 aromatic carbocycles. The van der Waals surface area contributed by atoms with Crippen LogP contribution in [0, 0.1) is 0 Å². The highest BCUT2D eigenvalue weighted by Crippen LogP contribution is 2.31. The number of carbonyl (C=O) groups excluding carboxylic acids is 1. The lowest BCUT2D eigenvalue weighted by Crippen LogP contribution is -2.40. The molecule has 0 aromatic heterocycles. The molecule has 2 N–H and O–H groups in total. The fourth-order valence-corrected chi connectivity index (χ4v) is 2.84. The Hall–Kier alpha value is -2.54. The number of amides is 1. The standard InChI is InChI=1S/C19H19F3N2O2/c20-19(21,22)13-5-3-6-14(11-13)23-17-9-2-1-8-16(17)18(25)24-15-7-4-10-26-12-15/h1-3,5-6,8-9,11,15,23H,4,7,10,12H2,(H,24,25). The highest BCUT2D eigenvalue weighted by atomic mass is 19.4. The number of benzene rings is 2. The van der Waals surface area contributed by atoms with Crippen LogP contribution in [0.3, 0.4) is 0 Å². The van der Waals surface area contributed by atoms with Crippen LogP contribution >= 0.6 is 0 Å². The first-order valence-electron chi connectivity index (χ1n) is 8.35. The lowest BCUT2D eigenvalue weighted by molar-refractivity contribution is -0.137. The van der Waals surface area contributed by atoms with E-state index in [1.807, 2.05) is 0 Å². The van der Waals surface area contributed by atoms with Crippen molar-refractivity contribution >= 4 is 17.3 Å². The van der Waals surface area contributed by atoms with Crippen molar-refractivity contribution in [2.24, 2.45) is 0 Å². The van der Waals surface area contributed by atoms with Crippen LogP contribution in [0.2, 0.25) is 0 Å². The summed E-state index contributed by atoms with van der Waals surface area (Å²) in [7, 11) is 0. The van der Waals surface area contributed by atoms with Crippen LogP contribution in [0.4, 0.5) is 24.5 Å². The average molecular weight is 364 g/mol. The molecule has 0 bridgehead atoms. The van der Waals surface area contributed by atoms with Gasteiger partial charge in [-0.25, -0.2) is 0 Å². The second kappa shape index (κ2) is 7.78. The molecule has 3 rings (SSSR count). The number of rotatable bonds is 4. The van der Waals surface area contributed by atoms with Crippen LogP contribution in [0.5, 0.6) is 0 Å². The number of nitrogens with one attached hydrogen (secondary N) is 2. The third kappa shape index (κ3) is 4.54. The summed E-state index contributed by atoms with van der Waals surface area (Å²) in [6.07, 6.45) is -2.69. The first-order valence-corrected chi connectivity index (χ1v) is 8.35. The molecule has 4 nitrogen and oxygen atoms in total. The lowest BCUT2D eigenvalue weighted by atomic mass is 10.1. The van der Waals surface area contributed by atoms with Crippen LogP contribution in [0.25, 0.3) is 0 Å². The first kappa shape index (κ1) is 18.3. The molecule has 0 aliphatic carbocycles. The molecule has 2 aromatic rings. The minimum absolute atomic E-state index is 0.0575. The molecule has 0 spiro atoms. The summed E-state index contributed by atoms with van der Waals surface area (Å²) in [4.78, 5) is 12.6. The summed E-state index contributed by atoms with van der Waals surface area (Å²) in [6, 6.07) is 11.5. The summed E-state index contributed by atoms with van der Waals surface area (Å²) in [5.74, 6) is -0.282. The topological polar surface area (TPSA) is 50.4 Å². The summed E-state index contributed by atoms with van der Waals surface area (Å²) < 4.78 is 44.0. The number of hydrogen-bond donors (Lipinski definition) is 2. The van der Waals surface area contributed by atoms with Gasteiger partial charge in [0.15, 0.2) is 0 Å². The highest BCUT2D eigenvalue weighted by Gasteiger charge is 2.30. The number of halogens is 3. The van der Waals surface area contributed by atoms with Crippen LogP contribution in [0.15, 0.2) is 48.5 Å². The molecule has 1 aliphatic rings. The third-order valence-corrected chi connectivity index (χ3v) is 4.14. The van der Waals surface area contributed by atoms with Crippen molar-refractivity contribution in [3.05, 3.63) is 59.7 Å². The Morgan fingerprint density at radius 3 is 2.65 bits per heavy atom. The van der Waals surface area contributed by atoms with E-state index < -0.39 is 11.7 Å². The summed E-state index contributed by atoms with van der Waals surface area (Å²) in [6.45, 7) is 1.16. The van der Waals surface area contributed by atoms with E-state index in [2.05, 4.69) is 10.6 Å². The van der Waals surface area contributed by atoms with Crippen molar-refractivity contribution in [2.75, 3.05) is 18.5 Å². The van der Waals surface area contributed by atoms with Gasteiger partial charge in [0, 0.05) is 12.3 Å². The number of alkyl halides is 3. The summed E-state index contributed by atoms with van der Waals surface area (Å²) in [5, 5.41) is 5.82. The first-order chi connectivity index (χ1) is 12.4. The van der Waals surface area contributed by atoms with Crippen molar-refractivity contribution in [2.45, 2.75) is 25.1 Å². The predicted molar refractivity (Wildman–Crippen MR) is 92.5 cm³/mol. The predicted octanol–water partition coefficient (Wildman–Crippen LogP) is 4.36. The van der Waals surface area contributed by atoms with Crippen molar-refractivity contribution in [1.82, 2.24) is 5.32 Å². The number of carbonyl (C=O) groups is 1. The number of anilines is 2. The quantitative estimate of drug-likeness (QED) is 0.848. The van der Waals surface area contributed by atoms with Gasteiger partial charge in [0.05, 0.1) is 29.5 Å². The molecule has 0 saturated carbocycles. The smallest absolute Gasteiger partial charge is 0.379 e. The molecule has 1 aliphatic heterocycles. The Kier molecular flexibility index (Phi) is 5.46. The van der Waals surface area contributed by atoms with Crippen LogP contribution < -0.4 is 10.6 Å². The van der Waals surface area contributed by atoms with E-state index in [4.69, 9.17) is 4.74 Å². The van der Waals surface area contributed by atoms with Crippen LogP contribution in [-0.4, -0.2) is 25.2 Å². The zero-order valence-corrected chi connectivity index (χ0v) is 14.0. The Morgan fingerprint density at radius 2 is 1.92 bits per heavy atom. The molecular formula is C19H19F3N2O2. The van der Waals surface area contributed by atoms with E-state index in [1.165, 1.54) is 12.1 Å². The summed E-state index contributed by atoms with van der Waals surface area (Å²) in [5.41, 5.74) is 0.335. The van der Waals surface area contributed by atoms with Gasteiger partial charge in [0.2, 0.25) is 0 Å². The Balaban J connectivity index is 1.78. The molecule has 1 atom stereocenters. The monoisotopic (exact) mass is 364 g/mol. The second-order valence-corrected chi connectivity index (χ2v) is 6.14. The van der Waals surface area contributed by atoms with Gasteiger partial charge in [0.25, 0.3) is 5.91 Å². The maximum Gasteiger partial charge on any atom is 0.416 e. The van der Waals surface area contributed by atoms with Gasteiger partial charge in [-0.2, -0.15) is 13.2 Å². The van der Waals surface area contributed by atoms with Gasteiger partial charge in [-0.1, -0.05) is 18.2 Å². The zero-order chi connectivity index (χ0) is 18.6. The van der Waals surface area contributed by atoms with Crippen molar-refractivity contribution in [1.29, 1.82) is 0 Å². The Bertz CT molecular complexity index is 771. The van der Waals surface area contributed by atoms with Gasteiger partial charge in [0.1, 0.15) is 0 Å². The van der Waals surface area contributed by atoms with Gasteiger partial charge >= 0.3 is 6.18 Å². The average Bonchev–Trinajstić information content (AvgIpc) is 2.62. The largest absolute Gasteiger partial charge is 0.416 e. The maximum atomic E-state index is 12.9. The van der Waals surface area contributed by atoms with Crippen LogP contribution in [-0.2, 0) is 10.9 Å². The van der Waals surface area contributed by atoms with Crippen LogP contribution in [0.1, 0.15) is 28.8 Å². The Morgan fingerprint density at radius 1 is 1.12 bits per heavy atom. The van der Waals surface area contributed by atoms with E-state index >= 15 is 0 Å². The van der Waals surface area contributed by atoms with Crippen molar-refractivity contribution in [3.63, 3.8) is 0 Å².